The Morgan fingerprint density at radius 1 is 1.29 bits per heavy atom. The van der Waals surface area contributed by atoms with Gasteiger partial charge in [-0.1, -0.05) is 19.3 Å². The molecule has 1 rings (SSSR count). The molecule has 2 atom stereocenters. The fourth-order valence-electron chi connectivity index (χ4n) is 2.80. The minimum Gasteiger partial charge on any atom is -0.481 e. The topological polar surface area (TPSA) is 110 Å². The highest BCUT2D eigenvalue weighted by atomic mass is 16.5. The average Bonchev–Trinajstić information content (AvgIpc) is 2.46. The van der Waals surface area contributed by atoms with Crippen molar-refractivity contribution in [2.45, 2.75) is 63.6 Å². The number of carboxylic acids is 1. The molecule has 0 radical (unpaired) electrons. The van der Waals surface area contributed by atoms with E-state index in [2.05, 4.69) is 0 Å². The van der Waals surface area contributed by atoms with Crippen LogP contribution in [0.1, 0.15) is 45.4 Å². The summed E-state index contributed by atoms with van der Waals surface area (Å²) >= 11 is 0. The van der Waals surface area contributed by atoms with E-state index < -0.39 is 36.4 Å². The van der Waals surface area contributed by atoms with Gasteiger partial charge in [0.05, 0.1) is 19.6 Å². The summed E-state index contributed by atoms with van der Waals surface area (Å²) in [5.74, 6) is -2.15. The molecule has 0 aromatic carbocycles. The summed E-state index contributed by atoms with van der Waals surface area (Å²) in [4.78, 5) is 36.4. The maximum atomic E-state index is 12.5. The summed E-state index contributed by atoms with van der Waals surface area (Å²) < 4.78 is 4.70. The van der Waals surface area contributed by atoms with E-state index in [0.717, 1.165) is 32.1 Å². The second kappa shape index (κ2) is 7.97. The van der Waals surface area contributed by atoms with Crippen LogP contribution in [0.3, 0.4) is 0 Å². The lowest BCUT2D eigenvalue weighted by Gasteiger charge is -2.38. The maximum absolute atomic E-state index is 12.5. The Hall–Kier alpha value is -1.63. The van der Waals surface area contributed by atoms with Crippen molar-refractivity contribution >= 4 is 17.8 Å². The molecular weight excluding hydrogens is 276 g/mol. The van der Waals surface area contributed by atoms with Crippen LogP contribution in [0, 0.1) is 0 Å². The monoisotopic (exact) mass is 300 g/mol. The predicted molar refractivity (Wildman–Crippen MR) is 75.4 cm³/mol. The second-order valence-electron chi connectivity index (χ2n) is 5.44. The van der Waals surface area contributed by atoms with E-state index in [4.69, 9.17) is 15.6 Å². The first-order valence-corrected chi connectivity index (χ1v) is 7.25. The van der Waals surface area contributed by atoms with Crippen LogP contribution < -0.4 is 5.73 Å². The number of nitrogens with zero attached hydrogens (tertiary/aromatic N) is 1. The van der Waals surface area contributed by atoms with Crippen molar-refractivity contribution in [1.82, 2.24) is 4.90 Å². The molecule has 0 unspecified atom stereocenters. The first kappa shape index (κ1) is 17.4. The Morgan fingerprint density at radius 3 is 2.33 bits per heavy atom. The van der Waals surface area contributed by atoms with E-state index in [-0.39, 0.29) is 6.04 Å². The first-order valence-electron chi connectivity index (χ1n) is 7.25. The van der Waals surface area contributed by atoms with Gasteiger partial charge in [0.1, 0.15) is 6.04 Å². The third kappa shape index (κ3) is 4.70. The van der Waals surface area contributed by atoms with Gasteiger partial charge in [-0.05, 0) is 19.8 Å². The number of hydrogen-bond acceptors (Lipinski definition) is 5. The predicted octanol–water partition coefficient (Wildman–Crippen LogP) is 0.511. The number of hydrogen-bond donors (Lipinski definition) is 2. The summed E-state index contributed by atoms with van der Waals surface area (Å²) in [6.07, 6.45) is 4.22. The highest BCUT2D eigenvalue weighted by molar-refractivity contribution is 5.90. The molecule has 1 aliphatic rings. The molecular formula is C14H24N2O5. The van der Waals surface area contributed by atoms with Gasteiger partial charge in [0.2, 0.25) is 5.91 Å². The summed E-state index contributed by atoms with van der Waals surface area (Å²) in [6.45, 7) is 1.59. The van der Waals surface area contributed by atoms with E-state index in [0.29, 0.717) is 0 Å². The van der Waals surface area contributed by atoms with Crippen molar-refractivity contribution in [1.29, 1.82) is 0 Å². The molecule has 21 heavy (non-hydrogen) atoms. The van der Waals surface area contributed by atoms with Gasteiger partial charge >= 0.3 is 11.9 Å². The molecule has 0 bridgehead atoms. The molecule has 0 aromatic rings. The Bertz CT molecular complexity index is 393. The molecule has 1 fully saturated rings. The van der Waals surface area contributed by atoms with Gasteiger partial charge in [-0.25, -0.2) is 4.79 Å². The largest absolute Gasteiger partial charge is 0.481 e. The Morgan fingerprint density at radius 2 is 1.86 bits per heavy atom. The molecule has 1 saturated carbocycles. The summed E-state index contributed by atoms with van der Waals surface area (Å²) in [5, 5.41) is 8.78. The minimum atomic E-state index is -1.14. The van der Waals surface area contributed by atoms with Gasteiger partial charge in [-0.2, -0.15) is 0 Å². The van der Waals surface area contributed by atoms with Crippen LogP contribution in [0.5, 0.6) is 0 Å². The van der Waals surface area contributed by atoms with Crippen LogP contribution in [0.25, 0.3) is 0 Å². The lowest BCUT2D eigenvalue weighted by molar-refractivity contribution is -0.156. The van der Waals surface area contributed by atoms with Crippen LogP contribution in [-0.2, 0) is 19.1 Å². The highest BCUT2D eigenvalue weighted by Crippen LogP contribution is 2.25. The van der Waals surface area contributed by atoms with Crippen LogP contribution in [-0.4, -0.2) is 53.1 Å². The number of nitrogens with two attached hydrogens (primary N) is 1. The smallest absolute Gasteiger partial charge is 0.328 e. The molecule has 0 spiro atoms. The number of carbonyl (C=O) groups excluding carboxylic acids is 2. The van der Waals surface area contributed by atoms with Crippen molar-refractivity contribution in [2.75, 3.05) is 7.11 Å². The fraction of sp³-hybridized carbons (Fsp3) is 0.786. The number of rotatable bonds is 6. The maximum Gasteiger partial charge on any atom is 0.328 e. The summed E-state index contributed by atoms with van der Waals surface area (Å²) in [7, 11) is 1.26. The zero-order valence-corrected chi connectivity index (χ0v) is 12.6. The van der Waals surface area contributed by atoms with Crippen molar-refractivity contribution < 1.29 is 24.2 Å². The highest BCUT2D eigenvalue weighted by Gasteiger charge is 2.36. The number of carbonyl (C=O) groups is 3. The molecule has 0 aliphatic heterocycles. The summed E-state index contributed by atoms with van der Waals surface area (Å²) in [5.41, 5.74) is 5.68. The number of aliphatic carboxylic acids is 1. The van der Waals surface area contributed by atoms with E-state index in [1.165, 1.54) is 12.0 Å². The van der Waals surface area contributed by atoms with Gasteiger partial charge in [-0.3, -0.25) is 9.59 Å². The molecule has 0 heterocycles. The van der Waals surface area contributed by atoms with Crippen molar-refractivity contribution in [2.24, 2.45) is 5.73 Å². The van der Waals surface area contributed by atoms with Crippen molar-refractivity contribution in [3.05, 3.63) is 0 Å². The van der Waals surface area contributed by atoms with Crippen LogP contribution in [0.2, 0.25) is 0 Å². The number of ether oxygens (including phenoxy) is 1. The van der Waals surface area contributed by atoms with Gasteiger partial charge < -0.3 is 20.5 Å². The van der Waals surface area contributed by atoms with Gasteiger partial charge in [0.15, 0.2) is 0 Å². The van der Waals surface area contributed by atoms with E-state index >= 15 is 0 Å². The Labute approximate surface area is 124 Å². The average molecular weight is 300 g/mol. The lowest BCUT2D eigenvalue weighted by Crippen LogP contribution is -2.55. The molecule has 7 heteroatoms. The first-order chi connectivity index (χ1) is 9.88. The van der Waals surface area contributed by atoms with E-state index in [1.807, 2.05) is 0 Å². The van der Waals surface area contributed by atoms with Crippen molar-refractivity contribution in [3.8, 4) is 0 Å². The number of amides is 1. The quantitative estimate of drug-likeness (QED) is 0.692. The second-order valence-corrected chi connectivity index (χ2v) is 5.44. The number of methoxy groups -OCH3 is 1. The third-order valence-electron chi connectivity index (χ3n) is 3.89. The van der Waals surface area contributed by atoms with Crippen LogP contribution >= 0.6 is 0 Å². The van der Waals surface area contributed by atoms with Crippen LogP contribution in [0.4, 0.5) is 0 Å². The lowest BCUT2D eigenvalue weighted by atomic mass is 9.92. The fourth-order valence-corrected chi connectivity index (χ4v) is 2.80. The molecule has 1 aliphatic carbocycles. The number of carboxylic acid groups (broad SMARTS) is 1. The molecule has 120 valence electrons. The molecule has 0 aromatic heterocycles. The van der Waals surface area contributed by atoms with Gasteiger partial charge in [0, 0.05) is 6.04 Å². The summed E-state index contributed by atoms with van der Waals surface area (Å²) in [6, 6.07) is -1.98. The van der Waals surface area contributed by atoms with E-state index in [9.17, 15) is 14.4 Å². The van der Waals surface area contributed by atoms with Crippen molar-refractivity contribution in [3.63, 3.8) is 0 Å². The van der Waals surface area contributed by atoms with E-state index in [1.54, 1.807) is 6.92 Å². The number of esters is 1. The van der Waals surface area contributed by atoms with Gasteiger partial charge in [0.25, 0.3) is 0 Å². The Kier molecular flexibility index (Phi) is 6.61. The molecule has 3 N–H and O–H groups in total. The van der Waals surface area contributed by atoms with Crippen LogP contribution in [0.15, 0.2) is 0 Å². The zero-order valence-electron chi connectivity index (χ0n) is 12.6. The van der Waals surface area contributed by atoms with Gasteiger partial charge in [-0.15, -0.1) is 0 Å². The molecule has 0 saturated heterocycles. The minimum absolute atomic E-state index is 0.0832. The standard InChI is InChI=1S/C14H24N2O5/c1-9(14(20)21-2)16(10-6-4-3-5-7-10)13(19)11(15)8-12(17)18/h9-11H,3-8,15H2,1-2H3,(H,17,18)/t9-,11-/m0/s1. The molecule has 1 amide bonds. The molecule has 7 nitrogen and oxygen atoms in total. The SMILES string of the molecule is COC(=O)[C@H](C)N(C(=O)[C@@H](N)CC(=O)O)C1CCCCC1. The normalized spacial score (nSPS) is 18.6. The Balaban J connectivity index is 2.91. The zero-order chi connectivity index (χ0) is 16.0. The third-order valence-corrected chi connectivity index (χ3v) is 3.89.